The van der Waals surface area contributed by atoms with Gasteiger partial charge in [-0.1, -0.05) is 54.1 Å². The quantitative estimate of drug-likeness (QED) is 0.282. The highest BCUT2D eigenvalue weighted by atomic mass is 35.5. The zero-order valence-electron chi connectivity index (χ0n) is 19.5. The van der Waals surface area contributed by atoms with Crippen LogP contribution in [0.25, 0.3) is 22.3 Å². The Kier molecular flexibility index (Phi) is 6.66. The van der Waals surface area contributed by atoms with Crippen molar-refractivity contribution in [1.82, 2.24) is 24.5 Å². The summed E-state index contributed by atoms with van der Waals surface area (Å²) in [5, 5.41) is 11.6. The SMILES string of the molecule is Cc1nn(CC(=O)Nc2nn(Cc3ccc(F)cc3)cc2Cl)c2nc(-c3ccccc3)cc(C(F)F)c12. The van der Waals surface area contributed by atoms with Gasteiger partial charge in [0.1, 0.15) is 17.4 Å². The molecule has 1 N–H and O–H groups in total. The van der Waals surface area contributed by atoms with Crippen molar-refractivity contribution in [2.45, 2.75) is 26.4 Å². The van der Waals surface area contributed by atoms with Crippen molar-refractivity contribution in [2.75, 3.05) is 5.32 Å². The van der Waals surface area contributed by atoms with Crippen LogP contribution in [0, 0.1) is 12.7 Å². The van der Waals surface area contributed by atoms with Gasteiger partial charge in [-0.05, 0) is 30.7 Å². The predicted molar refractivity (Wildman–Crippen MR) is 134 cm³/mol. The van der Waals surface area contributed by atoms with Gasteiger partial charge in [-0.2, -0.15) is 10.2 Å². The number of nitrogens with one attached hydrogen (secondary N) is 1. The summed E-state index contributed by atoms with van der Waals surface area (Å²) in [5.41, 5.74) is 2.14. The van der Waals surface area contributed by atoms with Gasteiger partial charge in [0.2, 0.25) is 5.91 Å². The summed E-state index contributed by atoms with van der Waals surface area (Å²) in [6.45, 7) is 1.63. The number of rotatable bonds is 7. The van der Waals surface area contributed by atoms with Crippen molar-refractivity contribution in [3.8, 4) is 11.3 Å². The van der Waals surface area contributed by atoms with Crippen LogP contribution in [0.2, 0.25) is 5.02 Å². The molecule has 0 fully saturated rings. The van der Waals surface area contributed by atoms with Crippen LogP contribution in [-0.4, -0.2) is 30.5 Å². The third-order valence-corrected chi connectivity index (χ3v) is 6.02. The third kappa shape index (κ3) is 5.19. The minimum Gasteiger partial charge on any atom is -0.306 e. The molecule has 0 aliphatic heterocycles. The van der Waals surface area contributed by atoms with Crippen molar-refractivity contribution < 1.29 is 18.0 Å². The van der Waals surface area contributed by atoms with Crippen LogP contribution >= 0.6 is 11.6 Å². The van der Waals surface area contributed by atoms with Gasteiger partial charge in [-0.3, -0.25) is 9.48 Å². The molecule has 188 valence electrons. The molecular weight excluding hydrogens is 505 g/mol. The van der Waals surface area contributed by atoms with E-state index in [0.717, 1.165) is 5.56 Å². The number of hydrogen-bond acceptors (Lipinski definition) is 4. The first-order valence-corrected chi connectivity index (χ1v) is 11.6. The van der Waals surface area contributed by atoms with E-state index >= 15 is 0 Å². The summed E-state index contributed by atoms with van der Waals surface area (Å²) >= 11 is 6.25. The van der Waals surface area contributed by atoms with E-state index in [1.165, 1.54) is 33.8 Å². The average Bonchev–Trinajstić information content (AvgIpc) is 3.38. The fourth-order valence-corrected chi connectivity index (χ4v) is 4.27. The summed E-state index contributed by atoms with van der Waals surface area (Å²) in [7, 11) is 0. The van der Waals surface area contributed by atoms with Crippen molar-refractivity contribution in [2.24, 2.45) is 0 Å². The highest BCUT2D eigenvalue weighted by molar-refractivity contribution is 6.33. The minimum atomic E-state index is -2.75. The third-order valence-electron chi connectivity index (χ3n) is 5.74. The van der Waals surface area contributed by atoms with Gasteiger partial charge >= 0.3 is 0 Å². The number of alkyl halides is 2. The standard InChI is InChI=1S/C26H20ClF3N6O/c1-15-23-19(24(29)30)11-21(17-5-3-2-4-6-17)31-26(23)36(33-15)14-22(37)32-25-20(27)13-35(34-25)12-16-7-9-18(28)10-8-16/h2-11,13,24H,12,14H2,1H3,(H,32,34,37). The Morgan fingerprint density at radius 3 is 2.51 bits per heavy atom. The molecule has 0 aliphatic carbocycles. The highest BCUT2D eigenvalue weighted by Crippen LogP contribution is 2.33. The maximum Gasteiger partial charge on any atom is 0.264 e. The maximum absolute atomic E-state index is 14.0. The fraction of sp³-hybridized carbons (Fsp3) is 0.154. The molecule has 5 aromatic rings. The lowest BCUT2D eigenvalue weighted by Gasteiger charge is -2.09. The number of nitrogens with zero attached hydrogens (tertiary/aromatic N) is 5. The maximum atomic E-state index is 14.0. The first-order valence-electron chi connectivity index (χ1n) is 11.3. The highest BCUT2D eigenvalue weighted by Gasteiger charge is 2.22. The predicted octanol–water partition coefficient (Wildman–Crippen LogP) is 6.02. The Hall–Kier alpha value is -4.18. The zero-order chi connectivity index (χ0) is 26.1. The van der Waals surface area contributed by atoms with Crippen LogP contribution in [0.4, 0.5) is 19.0 Å². The molecule has 0 spiro atoms. The molecule has 0 aliphatic rings. The van der Waals surface area contributed by atoms with E-state index in [1.54, 1.807) is 43.3 Å². The molecule has 37 heavy (non-hydrogen) atoms. The number of amides is 1. The number of anilines is 1. The van der Waals surface area contributed by atoms with Crippen LogP contribution in [0.15, 0.2) is 66.9 Å². The monoisotopic (exact) mass is 524 g/mol. The van der Waals surface area contributed by atoms with Gasteiger partial charge in [0.25, 0.3) is 6.43 Å². The fourth-order valence-electron chi connectivity index (χ4n) is 4.07. The molecule has 0 unspecified atom stereocenters. The first-order chi connectivity index (χ1) is 17.8. The van der Waals surface area contributed by atoms with Crippen LogP contribution in [0.3, 0.4) is 0 Å². The van der Waals surface area contributed by atoms with E-state index in [2.05, 4.69) is 20.5 Å². The molecule has 1 amide bonds. The van der Waals surface area contributed by atoms with Gasteiger partial charge in [0.15, 0.2) is 11.5 Å². The average molecular weight is 525 g/mol. The molecular formula is C26H20ClF3N6O. The number of pyridine rings is 1. The van der Waals surface area contributed by atoms with E-state index in [-0.39, 0.29) is 39.8 Å². The molecule has 0 atom stereocenters. The van der Waals surface area contributed by atoms with Gasteiger partial charge in [0.05, 0.1) is 23.3 Å². The molecule has 0 radical (unpaired) electrons. The number of fused-ring (bicyclic) bond motifs is 1. The van der Waals surface area contributed by atoms with Gasteiger partial charge in [-0.25, -0.2) is 22.8 Å². The molecule has 3 heterocycles. The van der Waals surface area contributed by atoms with Crippen LogP contribution < -0.4 is 5.32 Å². The van der Waals surface area contributed by atoms with Gasteiger partial charge in [0, 0.05) is 17.3 Å². The Morgan fingerprint density at radius 2 is 1.81 bits per heavy atom. The molecule has 11 heteroatoms. The summed E-state index contributed by atoms with van der Waals surface area (Å²) in [4.78, 5) is 17.4. The number of halogens is 4. The number of aromatic nitrogens is 5. The second-order valence-corrected chi connectivity index (χ2v) is 8.81. The van der Waals surface area contributed by atoms with Crippen LogP contribution in [-0.2, 0) is 17.9 Å². The van der Waals surface area contributed by atoms with E-state index < -0.39 is 12.3 Å². The molecule has 0 saturated heterocycles. The Labute approximate surface area is 214 Å². The molecule has 2 aromatic carbocycles. The van der Waals surface area contributed by atoms with Crippen LogP contribution in [0.5, 0.6) is 0 Å². The number of carbonyl (C=O) groups excluding carboxylic acids is 1. The lowest BCUT2D eigenvalue weighted by Crippen LogP contribution is -2.20. The lowest BCUT2D eigenvalue weighted by molar-refractivity contribution is -0.116. The largest absolute Gasteiger partial charge is 0.306 e. The topological polar surface area (TPSA) is 77.6 Å². The van der Waals surface area contributed by atoms with E-state index in [4.69, 9.17) is 11.6 Å². The summed E-state index contributed by atoms with van der Waals surface area (Å²) in [6.07, 6.45) is -1.21. The normalized spacial score (nSPS) is 11.4. The van der Waals surface area contributed by atoms with Crippen molar-refractivity contribution >= 4 is 34.4 Å². The minimum absolute atomic E-state index is 0.133. The van der Waals surface area contributed by atoms with Crippen molar-refractivity contribution in [3.63, 3.8) is 0 Å². The summed E-state index contributed by atoms with van der Waals surface area (Å²) in [6, 6.07) is 16.2. The second kappa shape index (κ2) is 10.1. The van der Waals surface area contributed by atoms with E-state index in [1.807, 2.05) is 6.07 Å². The number of hydrogen-bond donors (Lipinski definition) is 1. The van der Waals surface area contributed by atoms with Gasteiger partial charge in [-0.15, -0.1) is 0 Å². The van der Waals surface area contributed by atoms with Crippen LogP contribution in [0.1, 0.15) is 23.2 Å². The number of carbonyl (C=O) groups is 1. The zero-order valence-corrected chi connectivity index (χ0v) is 20.3. The van der Waals surface area contributed by atoms with E-state index in [0.29, 0.717) is 23.5 Å². The summed E-state index contributed by atoms with van der Waals surface area (Å²) in [5.74, 6) is -0.723. The Bertz CT molecular complexity index is 1580. The van der Waals surface area contributed by atoms with Crippen molar-refractivity contribution in [3.05, 3.63) is 94.5 Å². The van der Waals surface area contributed by atoms with Crippen molar-refractivity contribution in [1.29, 1.82) is 0 Å². The van der Waals surface area contributed by atoms with E-state index in [9.17, 15) is 18.0 Å². The number of aryl methyl sites for hydroxylation is 1. The molecule has 0 bridgehead atoms. The molecule has 0 saturated carbocycles. The Balaban J connectivity index is 1.41. The molecule has 5 rings (SSSR count). The summed E-state index contributed by atoms with van der Waals surface area (Å²) < 4.78 is 43.9. The Morgan fingerprint density at radius 1 is 1.08 bits per heavy atom. The first kappa shape index (κ1) is 24.5. The lowest BCUT2D eigenvalue weighted by atomic mass is 10.1. The number of benzene rings is 2. The van der Waals surface area contributed by atoms with Gasteiger partial charge < -0.3 is 5.32 Å². The molecule has 3 aromatic heterocycles. The molecule has 7 nitrogen and oxygen atoms in total. The second-order valence-electron chi connectivity index (χ2n) is 8.40. The smallest absolute Gasteiger partial charge is 0.264 e.